The van der Waals surface area contributed by atoms with Crippen molar-refractivity contribution in [2.24, 2.45) is 0 Å². The highest BCUT2D eigenvalue weighted by atomic mass is 16.5. The first-order valence-electron chi connectivity index (χ1n) is 5.80. The average molecular weight is 243 g/mol. The van der Waals surface area contributed by atoms with Crippen molar-refractivity contribution in [1.29, 1.82) is 0 Å². The average Bonchev–Trinajstić information content (AvgIpc) is 2.85. The predicted octanol–water partition coefficient (Wildman–Crippen LogP) is 1.41. The smallest absolute Gasteiger partial charge is 0.347 e. The number of H-pyrrole nitrogens is 1. The van der Waals surface area contributed by atoms with E-state index in [1.54, 1.807) is 7.11 Å². The lowest BCUT2D eigenvalue weighted by molar-refractivity contribution is 0.416. The van der Waals surface area contributed by atoms with Gasteiger partial charge in [0.25, 0.3) is 0 Å². The number of methoxy groups -OCH3 is 1. The molecular formula is C13H13N3O2. The van der Waals surface area contributed by atoms with E-state index >= 15 is 0 Å². The second-order valence-electron chi connectivity index (χ2n) is 4.12. The van der Waals surface area contributed by atoms with E-state index in [1.165, 1.54) is 0 Å². The largest absolute Gasteiger partial charge is 0.496 e. The van der Waals surface area contributed by atoms with Gasteiger partial charge in [0.05, 0.1) is 12.8 Å². The maximum absolute atomic E-state index is 11.6. The van der Waals surface area contributed by atoms with Gasteiger partial charge in [-0.05, 0) is 18.6 Å². The molecule has 1 aromatic carbocycles. The molecule has 1 aliphatic heterocycles. The molecule has 2 heterocycles. The van der Waals surface area contributed by atoms with Gasteiger partial charge >= 0.3 is 5.69 Å². The summed E-state index contributed by atoms with van der Waals surface area (Å²) in [5, 5.41) is 3.12. The first-order valence-corrected chi connectivity index (χ1v) is 5.80. The van der Waals surface area contributed by atoms with Gasteiger partial charge in [-0.2, -0.15) is 4.98 Å². The molecule has 0 amide bonds. The van der Waals surface area contributed by atoms with E-state index in [1.807, 2.05) is 24.3 Å². The lowest BCUT2D eigenvalue weighted by atomic mass is 10.0. The van der Waals surface area contributed by atoms with Crippen LogP contribution in [0, 0.1) is 0 Å². The highest BCUT2D eigenvalue weighted by Crippen LogP contribution is 2.33. The van der Waals surface area contributed by atoms with Crippen molar-refractivity contribution in [3.63, 3.8) is 0 Å². The number of aromatic amines is 1. The number of hydrogen-bond acceptors (Lipinski definition) is 4. The van der Waals surface area contributed by atoms with Gasteiger partial charge in [-0.15, -0.1) is 0 Å². The molecule has 1 aliphatic rings. The summed E-state index contributed by atoms with van der Waals surface area (Å²) < 4.78 is 5.34. The number of nitrogens with zero attached hydrogens (tertiary/aromatic N) is 1. The lowest BCUT2D eigenvalue weighted by Gasteiger charge is -2.10. The van der Waals surface area contributed by atoms with Crippen LogP contribution in [0.3, 0.4) is 0 Å². The number of fused-ring (bicyclic) bond motifs is 1. The number of nitrogens with one attached hydrogen (secondary N) is 2. The zero-order valence-corrected chi connectivity index (χ0v) is 9.99. The Hall–Kier alpha value is -2.30. The third-order valence-corrected chi connectivity index (χ3v) is 3.08. The number of benzene rings is 1. The Kier molecular flexibility index (Phi) is 2.51. The number of anilines is 1. The minimum absolute atomic E-state index is 0.343. The van der Waals surface area contributed by atoms with Gasteiger partial charge in [0, 0.05) is 17.7 Å². The Balaban J connectivity index is 2.26. The summed E-state index contributed by atoms with van der Waals surface area (Å²) in [6, 6.07) is 7.64. The van der Waals surface area contributed by atoms with Crippen molar-refractivity contribution in [3.8, 4) is 17.0 Å². The molecule has 2 aromatic rings. The van der Waals surface area contributed by atoms with Gasteiger partial charge in [0.1, 0.15) is 11.6 Å². The van der Waals surface area contributed by atoms with Crippen LogP contribution in [0.4, 0.5) is 5.82 Å². The maximum Gasteiger partial charge on any atom is 0.347 e. The van der Waals surface area contributed by atoms with Crippen LogP contribution in [0.1, 0.15) is 5.56 Å². The Morgan fingerprint density at radius 1 is 1.33 bits per heavy atom. The molecule has 0 saturated heterocycles. The molecule has 18 heavy (non-hydrogen) atoms. The van der Waals surface area contributed by atoms with Crippen LogP contribution in [0.5, 0.6) is 5.75 Å². The van der Waals surface area contributed by atoms with Crippen LogP contribution < -0.4 is 15.7 Å². The van der Waals surface area contributed by atoms with Gasteiger partial charge < -0.3 is 15.0 Å². The van der Waals surface area contributed by atoms with E-state index in [4.69, 9.17) is 4.74 Å². The minimum atomic E-state index is -0.343. The summed E-state index contributed by atoms with van der Waals surface area (Å²) in [5.74, 6) is 1.42. The van der Waals surface area contributed by atoms with Gasteiger partial charge in [-0.25, -0.2) is 4.79 Å². The van der Waals surface area contributed by atoms with E-state index in [-0.39, 0.29) is 5.69 Å². The molecule has 3 rings (SSSR count). The van der Waals surface area contributed by atoms with E-state index in [9.17, 15) is 4.79 Å². The number of para-hydroxylation sites is 1. The second-order valence-corrected chi connectivity index (χ2v) is 4.12. The van der Waals surface area contributed by atoms with E-state index < -0.39 is 0 Å². The molecule has 0 fully saturated rings. The first-order chi connectivity index (χ1) is 8.79. The van der Waals surface area contributed by atoms with Crippen LogP contribution >= 0.6 is 0 Å². The molecular weight excluding hydrogens is 230 g/mol. The molecule has 0 atom stereocenters. The number of ether oxygens (including phenoxy) is 1. The summed E-state index contributed by atoms with van der Waals surface area (Å²) in [7, 11) is 1.62. The second kappa shape index (κ2) is 4.18. The van der Waals surface area contributed by atoms with Crippen molar-refractivity contribution >= 4 is 5.82 Å². The third-order valence-electron chi connectivity index (χ3n) is 3.08. The van der Waals surface area contributed by atoms with E-state index in [0.717, 1.165) is 35.5 Å². The Labute approximate surface area is 104 Å². The van der Waals surface area contributed by atoms with Crippen LogP contribution in [0.2, 0.25) is 0 Å². The molecule has 2 N–H and O–H groups in total. The third kappa shape index (κ3) is 1.64. The molecule has 1 aromatic heterocycles. The topological polar surface area (TPSA) is 67.0 Å². The lowest BCUT2D eigenvalue weighted by Crippen LogP contribution is -2.13. The van der Waals surface area contributed by atoms with Gasteiger partial charge in [0.2, 0.25) is 0 Å². The summed E-state index contributed by atoms with van der Waals surface area (Å²) in [6.07, 6.45) is 0.854. The van der Waals surface area contributed by atoms with Crippen molar-refractivity contribution < 1.29 is 4.74 Å². The number of rotatable bonds is 2. The monoisotopic (exact) mass is 243 g/mol. The number of hydrogen-bond donors (Lipinski definition) is 2. The Morgan fingerprint density at radius 3 is 3.00 bits per heavy atom. The highest BCUT2D eigenvalue weighted by Gasteiger charge is 2.20. The van der Waals surface area contributed by atoms with Crippen molar-refractivity contribution in [1.82, 2.24) is 9.97 Å². The molecule has 92 valence electrons. The van der Waals surface area contributed by atoms with Gasteiger partial charge in [-0.3, -0.25) is 0 Å². The standard InChI is InChI=1S/C13H13N3O2/c1-18-10-5-3-2-4-8(10)11-9-6-7-14-12(9)16-13(17)15-11/h2-5H,6-7H2,1H3,(H2,14,15,16,17). The van der Waals surface area contributed by atoms with Crippen LogP contribution in [-0.4, -0.2) is 23.6 Å². The van der Waals surface area contributed by atoms with Crippen molar-refractivity contribution in [2.45, 2.75) is 6.42 Å². The highest BCUT2D eigenvalue weighted by molar-refractivity contribution is 5.74. The van der Waals surface area contributed by atoms with Gasteiger partial charge in [0.15, 0.2) is 0 Å². The number of aromatic nitrogens is 2. The summed E-state index contributed by atoms with van der Waals surface area (Å²) in [5.41, 5.74) is 2.38. The maximum atomic E-state index is 11.6. The fraction of sp³-hybridized carbons (Fsp3) is 0.231. The molecule has 5 nitrogen and oxygen atoms in total. The van der Waals surface area contributed by atoms with Crippen LogP contribution in [0.25, 0.3) is 11.3 Å². The molecule has 0 spiro atoms. The van der Waals surface area contributed by atoms with E-state index in [2.05, 4.69) is 15.3 Å². The predicted molar refractivity (Wildman–Crippen MR) is 69.0 cm³/mol. The summed E-state index contributed by atoms with van der Waals surface area (Å²) in [6.45, 7) is 0.807. The van der Waals surface area contributed by atoms with E-state index in [0.29, 0.717) is 5.82 Å². The fourth-order valence-electron chi connectivity index (χ4n) is 2.27. The SMILES string of the molecule is COc1ccccc1-c1[nH]c(=O)nc2c1CCN2. The fourth-order valence-corrected chi connectivity index (χ4v) is 2.27. The zero-order chi connectivity index (χ0) is 12.5. The Bertz CT molecular complexity index is 649. The molecule has 0 saturated carbocycles. The minimum Gasteiger partial charge on any atom is -0.496 e. The normalized spacial score (nSPS) is 12.9. The molecule has 0 unspecified atom stereocenters. The zero-order valence-electron chi connectivity index (χ0n) is 9.99. The Morgan fingerprint density at radius 2 is 2.17 bits per heavy atom. The van der Waals surface area contributed by atoms with Gasteiger partial charge in [-0.1, -0.05) is 12.1 Å². The summed E-state index contributed by atoms with van der Waals surface area (Å²) >= 11 is 0. The van der Waals surface area contributed by atoms with Crippen molar-refractivity contribution in [2.75, 3.05) is 19.0 Å². The van der Waals surface area contributed by atoms with Crippen LogP contribution in [-0.2, 0) is 6.42 Å². The molecule has 0 radical (unpaired) electrons. The van der Waals surface area contributed by atoms with Crippen LogP contribution in [0.15, 0.2) is 29.1 Å². The summed E-state index contributed by atoms with van der Waals surface area (Å²) in [4.78, 5) is 18.3. The molecule has 0 bridgehead atoms. The quantitative estimate of drug-likeness (QED) is 0.837. The molecule has 5 heteroatoms. The first kappa shape index (κ1) is 10.8. The van der Waals surface area contributed by atoms with Crippen molar-refractivity contribution in [3.05, 3.63) is 40.3 Å². The molecule has 0 aliphatic carbocycles.